The highest BCUT2D eigenvalue weighted by Gasteiger charge is 2.08. The molecule has 0 radical (unpaired) electrons. The van der Waals surface area contributed by atoms with Gasteiger partial charge >= 0.3 is 0 Å². The van der Waals surface area contributed by atoms with Crippen molar-refractivity contribution in [3.05, 3.63) is 0 Å². The monoisotopic (exact) mass is 199 g/mol. The second-order valence-corrected chi connectivity index (χ2v) is 4.78. The molecule has 0 fully saturated rings. The Kier molecular flexibility index (Phi) is 9.49. The number of nitrogens with one attached hydrogen (secondary N) is 1. The molecule has 0 aromatic carbocycles. The van der Waals surface area contributed by atoms with E-state index in [1.54, 1.807) is 0 Å². The van der Waals surface area contributed by atoms with E-state index in [0.29, 0.717) is 0 Å². The summed E-state index contributed by atoms with van der Waals surface area (Å²) in [6, 6.07) is 0.765. The number of hydrogen-bond acceptors (Lipinski definition) is 1. The second-order valence-electron chi connectivity index (χ2n) is 4.78. The molecule has 1 unspecified atom stereocenters. The average Bonchev–Trinajstić information content (AvgIpc) is 2.13. The quantitative estimate of drug-likeness (QED) is 0.554. The lowest BCUT2D eigenvalue weighted by Crippen LogP contribution is -2.31. The number of rotatable bonds is 9. The van der Waals surface area contributed by atoms with Gasteiger partial charge in [-0.3, -0.25) is 0 Å². The maximum Gasteiger partial charge on any atom is 0.00694 e. The van der Waals surface area contributed by atoms with Crippen LogP contribution in [0, 0.1) is 5.92 Å². The lowest BCUT2D eigenvalue weighted by atomic mass is 9.98. The van der Waals surface area contributed by atoms with Gasteiger partial charge in [-0.1, -0.05) is 47.0 Å². The molecule has 0 heterocycles. The van der Waals surface area contributed by atoms with E-state index in [9.17, 15) is 0 Å². The topological polar surface area (TPSA) is 12.0 Å². The molecule has 0 aliphatic heterocycles. The fraction of sp³-hybridized carbons (Fsp3) is 1.00. The van der Waals surface area contributed by atoms with Gasteiger partial charge in [-0.05, 0) is 31.7 Å². The summed E-state index contributed by atoms with van der Waals surface area (Å²) in [7, 11) is 0. The minimum absolute atomic E-state index is 0.765. The van der Waals surface area contributed by atoms with Gasteiger partial charge in [0.05, 0.1) is 0 Å². The van der Waals surface area contributed by atoms with E-state index in [1.807, 2.05) is 0 Å². The number of unbranched alkanes of at least 4 members (excludes halogenated alkanes) is 2. The molecule has 0 aromatic heterocycles. The highest BCUT2D eigenvalue weighted by molar-refractivity contribution is 4.68. The van der Waals surface area contributed by atoms with Crippen LogP contribution in [0.1, 0.15) is 66.2 Å². The van der Waals surface area contributed by atoms with E-state index >= 15 is 0 Å². The first kappa shape index (κ1) is 14.0. The molecule has 1 atom stereocenters. The predicted molar refractivity (Wildman–Crippen MR) is 65.7 cm³/mol. The van der Waals surface area contributed by atoms with Gasteiger partial charge < -0.3 is 5.32 Å². The van der Waals surface area contributed by atoms with E-state index in [1.165, 1.54) is 45.1 Å². The molecule has 0 rings (SSSR count). The Labute approximate surface area is 90.7 Å². The van der Waals surface area contributed by atoms with Gasteiger partial charge in [0.1, 0.15) is 0 Å². The molecule has 0 saturated carbocycles. The fourth-order valence-corrected chi connectivity index (χ4v) is 1.86. The highest BCUT2D eigenvalue weighted by atomic mass is 14.9. The predicted octanol–water partition coefficient (Wildman–Crippen LogP) is 3.98. The van der Waals surface area contributed by atoms with Crippen molar-refractivity contribution in [3.63, 3.8) is 0 Å². The van der Waals surface area contributed by atoms with Crippen LogP contribution in [-0.2, 0) is 0 Å². The molecule has 0 bridgehead atoms. The smallest absolute Gasteiger partial charge is 0.00694 e. The lowest BCUT2D eigenvalue weighted by molar-refractivity contribution is 0.387. The van der Waals surface area contributed by atoms with Crippen molar-refractivity contribution in [2.24, 2.45) is 5.92 Å². The molecule has 1 N–H and O–H groups in total. The van der Waals surface area contributed by atoms with Crippen LogP contribution >= 0.6 is 0 Å². The highest BCUT2D eigenvalue weighted by Crippen LogP contribution is 2.11. The molecule has 0 aliphatic rings. The van der Waals surface area contributed by atoms with E-state index in [0.717, 1.165) is 12.0 Å². The van der Waals surface area contributed by atoms with Gasteiger partial charge in [0.2, 0.25) is 0 Å². The summed E-state index contributed by atoms with van der Waals surface area (Å²) in [5.41, 5.74) is 0. The van der Waals surface area contributed by atoms with Crippen LogP contribution in [0.2, 0.25) is 0 Å². The minimum Gasteiger partial charge on any atom is -0.314 e. The third-order valence-electron chi connectivity index (χ3n) is 2.60. The zero-order valence-electron chi connectivity index (χ0n) is 10.6. The largest absolute Gasteiger partial charge is 0.314 e. The molecule has 14 heavy (non-hydrogen) atoms. The first-order valence-corrected chi connectivity index (χ1v) is 6.44. The molecule has 0 aliphatic carbocycles. The van der Waals surface area contributed by atoms with Crippen molar-refractivity contribution in [2.45, 2.75) is 72.3 Å². The average molecular weight is 199 g/mol. The summed E-state index contributed by atoms with van der Waals surface area (Å²) in [6.45, 7) is 10.3. The summed E-state index contributed by atoms with van der Waals surface area (Å²) in [5.74, 6) is 0.825. The maximum atomic E-state index is 3.66. The molecule has 0 aromatic rings. The van der Waals surface area contributed by atoms with Crippen LogP contribution in [0.15, 0.2) is 0 Å². The van der Waals surface area contributed by atoms with Crippen LogP contribution in [0.25, 0.3) is 0 Å². The van der Waals surface area contributed by atoms with Crippen molar-refractivity contribution in [1.82, 2.24) is 5.32 Å². The summed E-state index contributed by atoms with van der Waals surface area (Å²) in [6.07, 6.45) is 8.08. The molecular weight excluding hydrogens is 170 g/mol. The van der Waals surface area contributed by atoms with Crippen molar-refractivity contribution in [1.29, 1.82) is 0 Å². The van der Waals surface area contributed by atoms with Crippen molar-refractivity contribution >= 4 is 0 Å². The van der Waals surface area contributed by atoms with Crippen LogP contribution in [0.5, 0.6) is 0 Å². The first-order valence-electron chi connectivity index (χ1n) is 6.44. The Morgan fingerprint density at radius 1 is 1.00 bits per heavy atom. The van der Waals surface area contributed by atoms with Crippen LogP contribution in [0.3, 0.4) is 0 Å². The molecule has 1 heteroatoms. The Morgan fingerprint density at radius 3 is 2.21 bits per heavy atom. The second kappa shape index (κ2) is 9.51. The van der Waals surface area contributed by atoms with Gasteiger partial charge in [0, 0.05) is 6.04 Å². The first-order chi connectivity index (χ1) is 6.70. The lowest BCUT2D eigenvalue weighted by Gasteiger charge is -2.20. The third kappa shape index (κ3) is 8.55. The zero-order valence-corrected chi connectivity index (χ0v) is 10.6. The zero-order chi connectivity index (χ0) is 10.8. The maximum absolute atomic E-state index is 3.66. The molecule has 0 saturated heterocycles. The summed E-state index contributed by atoms with van der Waals surface area (Å²) >= 11 is 0. The SMILES string of the molecule is CCCCCC(CC(C)C)NCCC. The standard InChI is InChI=1S/C13H29N/c1-5-7-8-9-13(11-12(3)4)14-10-6-2/h12-14H,5-11H2,1-4H3. The molecule has 0 amide bonds. The summed E-state index contributed by atoms with van der Waals surface area (Å²) < 4.78 is 0. The van der Waals surface area contributed by atoms with Gasteiger partial charge in [0.25, 0.3) is 0 Å². The van der Waals surface area contributed by atoms with Crippen LogP contribution in [0.4, 0.5) is 0 Å². The van der Waals surface area contributed by atoms with Gasteiger partial charge in [-0.25, -0.2) is 0 Å². The fourth-order valence-electron chi connectivity index (χ4n) is 1.86. The normalized spacial score (nSPS) is 13.5. The Morgan fingerprint density at radius 2 is 1.71 bits per heavy atom. The van der Waals surface area contributed by atoms with Crippen LogP contribution < -0.4 is 5.32 Å². The Bertz CT molecular complexity index is 110. The van der Waals surface area contributed by atoms with Crippen molar-refractivity contribution < 1.29 is 0 Å². The summed E-state index contributed by atoms with van der Waals surface area (Å²) in [5, 5.41) is 3.66. The van der Waals surface area contributed by atoms with Crippen LogP contribution in [-0.4, -0.2) is 12.6 Å². The van der Waals surface area contributed by atoms with E-state index in [2.05, 4.69) is 33.0 Å². The van der Waals surface area contributed by atoms with Gasteiger partial charge in [-0.2, -0.15) is 0 Å². The Balaban J connectivity index is 3.61. The van der Waals surface area contributed by atoms with E-state index in [-0.39, 0.29) is 0 Å². The summed E-state index contributed by atoms with van der Waals surface area (Å²) in [4.78, 5) is 0. The Hall–Kier alpha value is -0.0400. The number of hydrogen-bond donors (Lipinski definition) is 1. The van der Waals surface area contributed by atoms with Crippen molar-refractivity contribution in [2.75, 3.05) is 6.54 Å². The molecule has 86 valence electrons. The van der Waals surface area contributed by atoms with E-state index < -0.39 is 0 Å². The minimum atomic E-state index is 0.765. The molecule has 0 spiro atoms. The van der Waals surface area contributed by atoms with Gasteiger partial charge in [0.15, 0.2) is 0 Å². The van der Waals surface area contributed by atoms with Gasteiger partial charge in [-0.15, -0.1) is 0 Å². The van der Waals surface area contributed by atoms with Crippen molar-refractivity contribution in [3.8, 4) is 0 Å². The third-order valence-corrected chi connectivity index (χ3v) is 2.60. The molecule has 1 nitrogen and oxygen atoms in total. The van der Waals surface area contributed by atoms with E-state index in [4.69, 9.17) is 0 Å². The molecular formula is C13H29N.